The topological polar surface area (TPSA) is 130 Å². The number of rotatable bonds is 8. The molecule has 17 heteroatoms. The van der Waals surface area contributed by atoms with Crippen molar-refractivity contribution in [2.24, 2.45) is 0 Å². The molecule has 0 saturated heterocycles. The molecule has 0 bridgehead atoms. The first-order chi connectivity index (χ1) is 42.7. The zero-order chi connectivity index (χ0) is 63.2. The summed E-state index contributed by atoms with van der Waals surface area (Å²) in [5.41, 5.74) is 10.2. The maximum absolute atomic E-state index is 11.5. The van der Waals surface area contributed by atoms with Gasteiger partial charge in [0.05, 0.1) is 57.7 Å². The van der Waals surface area contributed by atoms with Crippen molar-refractivity contribution in [3.63, 3.8) is 0 Å². The molecule has 0 aliphatic heterocycles. The van der Waals surface area contributed by atoms with E-state index in [1.807, 2.05) is 115 Å². The molecule has 6 heterocycles. The minimum absolute atomic E-state index is 0. The van der Waals surface area contributed by atoms with Gasteiger partial charge in [-0.1, -0.05) is 152 Å². The molecule has 0 saturated carbocycles. The first-order valence-corrected chi connectivity index (χ1v) is 42.3. The summed E-state index contributed by atoms with van der Waals surface area (Å²) in [7, 11) is 12.4. The van der Waals surface area contributed by atoms with E-state index in [2.05, 4.69) is 159 Å². The summed E-state index contributed by atoms with van der Waals surface area (Å²) in [5.74, 6) is -0.266. The van der Waals surface area contributed by atoms with Crippen molar-refractivity contribution in [3.8, 4) is 22.3 Å². The predicted molar refractivity (Wildman–Crippen MR) is 368 cm³/mol. The van der Waals surface area contributed by atoms with Gasteiger partial charge in [0.2, 0.25) is 0 Å². The summed E-state index contributed by atoms with van der Waals surface area (Å²) < 4.78 is 10.5. The number of carbonyl (C=O) groups excluding carboxylic acids is 2. The van der Waals surface area contributed by atoms with Crippen LogP contribution in [-0.2, 0) is 37.7 Å². The van der Waals surface area contributed by atoms with Crippen LogP contribution in [0.2, 0.25) is 24.9 Å². The summed E-state index contributed by atoms with van der Waals surface area (Å²) >= 11 is 15.1. The Morgan fingerprint density at radius 1 is 0.449 bits per heavy atom. The molecule has 89 heavy (non-hydrogen) atoms. The summed E-state index contributed by atoms with van der Waals surface area (Å²) in [5, 5.41) is 3.09. The zero-order valence-corrected chi connectivity index (χ0v) is 57.0. The van der Waals surface area contributed by atoms with Gasteiger partial charge in [0.25, 0.3) is 0 Å². The molecule has 6 aromatic heterocycles. The summed E-state index contributed by atoms with van der Waals surface area (Å²) in [4.78, 5) is 55.0. The summed E-state index contributed by atoms with van der Waals surface area (Å²) in [6, 6.07) is 80.9. The monoisotopic (exact) mass is 1480 g/mol. The van der Waals surface area contributed by atoms with E-state index in [1.165, 1.54) is 36.5 Å². The number of halogens is 5. The number of hydrogen-bond acceptors (Lipinski definition) is 10. The number of pyridine rings is 6. The molecule has 10 nitrogen and oxygen atoms in total. The van der Waals surface area contributed by atoms with E-state index in [0.29, 0.717) is 33.5 Å². The molecule has 460 valence electrons. The number of esters is 2. The third-order valence-corrected chi connectivity index (χ3v) is 17.7. The van der Waals surface area contributed by atoms with E-state index in [1.54, 1.807) is 55.4 Å². The molecule has 0 aliphatic rings. The van der Waals surface area contributed by atoms with Crippen LogP contribution in [0, 0.1) is 12.1 Å². The van der Waals surface area contributed by atoms with Gasteiger partial charge in [-0.2, -0.15) is 72.8 Å². The molecule has 0 N–H and O–H groups in total. The van der Waals surface area contributed by atoms with Gasteiger partial charge in [-0.05, 0) is 58.7 Å². The molecule has 0 fully saturated rings. The molecular formula is C72H67Cl5N6O4PdSn-2. The van der Waals surface area contributed by atoms with Crippen molar-refractivity contribution in [2.45, 2.75) is 34.5 Å². The Labute approximate surface area is 558 Å². The van der Waals surface area contributed by atoms with Crippen LogP contribution in [0.4, 0.5) is 0 Å². The van der Waals surface area contributed by atoms with Crippen LogP contribution in [-0.4, -0.2) is 74.4 Å². The third-order valence-electron chi connectivity index (χ3n) is 11.8. The van der Waals surface area contributed by atoms with Gasteiger partial charge in [-0.3, -0.25) is 24.9 Å². The molecular weight excluding hydrogens is 1420 g/mol. The van der Waals surface area contributed by atoms with Gasteiger partial charge in [0, 0.05) is 47.2 Å². The fraction of sp³-hybridized carbons (Fsp3) is 0.111. The van der Waals surface area contributed by atoms with E-state index in [9.17, 15) is 9.59 Å². The van der Waals surface area contributed by atoms with Gasteiger partial charge in [0.1, 0.15) is 0 Å². The second-order valence-electron chi connectivity index (χ2n) is 19.2. The Morgan fingerprint density at radius 3 is 1.15 bits per heavy atom. The van der Waals surface area contributed by atoms with Gasteiger partial charge < -0.3 is 4.74 Å². The van der Waals surface area contributed by atoms with Crippen LogP contribution in [0.1, 0.15) is 45.2 Å². The molecule has 6 aromatic carbocycles. The fourth-order valence-electron chi connectivity index (χ4n) is 7.57. The zero-order valence-electron chi connectivity index (χ0n) is 48.8. The van der Waals surface area contributed by atoms with Crippen LogP contribution in [0.3, 0.4) is 0 Å². The van der Waals surface area contributed by atoms with Crippen LogP contribution >= 0.6 is 53.9 Å². The maximum Gasteiger partial charge on any atom is -0.0184 e. The van der Waals surface area contributed by atoms with Crippen LogP contribution in [0.25, 0.3) is 44.1 Å². The van der Waals surface area contributed by atoms with Gasteiger partial charge in [-0.15, -0.1) is 11.6 Å². The minimum atomic E-state index is -2.15. The van der Waals surface area contributed by atoms with Gasteiger partial charge >= 0.3 is 129 Å². The number of fused-ring (bicyclic) bond motifs is 2. The maximum atomic E-state index is 11.5. The van der Waals surface area contributed by atoms with Gasteiger partial charge in [-0.25, -0.2) is 4.79 Å². The largest absolute Gasteiger partial charge is 0.184 e. The second kappa shape index (κ2) is 42.5. The van der Waals surface area contributed by atoms with Crippen LogP contribution in [0.15, 0.2) is 268 Å². The summed E-state index contributed by atoms with van der Waals surface area (Å²) in [6.45, 7) is 0. The van der Waals surface area contributed by atoms with Crippen molar-refractivity contribution >= 4 is 110 Å². The molecule has 12 rings (SSSR count). The number of carbonyl (C=O) groups is 2. The molecule has 12 aromatic rings. The number of ether oxygens (including phenoxy) is 2. The average Bonchev–Trinajstić information content (AvgIpc) is 3.78. The van der Waals surface area contributed by atoms with Crippen LogP contribution in [0.5, 0.6) is 0 Å². The summed E-state index contributed by atoms with van der Waals surface area (Å²) in [6.07, 6.45) is 10.4. The fourth-order valence-corrected chi connectivity index (χ4v) is 11.0. The molecule has 0 unspecified atom stereocenters. The van der Waals surface area contributed by atoms with Crippen LogP contribution < -0.4 is 3.71 Å². The molecule has 0 aliphatic carbocycles. The Hall–Kier alpha value is -7.41. The van der Waals surface area contributed by atoms with Crippen molar-refractivity contribution in [2.75, 3.05) is 14.2 Å². The van der Waals surface area contributed by atoms with E-state index in [-0.39, 0.29) is 35.3 Å². The Balaban J connectivity index is 0.000000227. The number of nitrogens with zero attached hydrogens (tertiary/aromatic N) is 6. The quantitative estimate of drug-likeness (QED) is 0.0627. The molecule has 0 radical (unpaired) electrons. The first kappa shape index (κ1) is 74.1. The number of benzene rings is 6. The molecule has 0 amide bonds. The number of methoxy groups -OCH3 is 2. The average molecular weight is 1480 g/mol. The molecule has 0 spiro atoms. The van der Waals surface area contributed by atoms with Gasteiger partial charge in [0.15, 0.2) is 0 Å². The normalized spacial score (nSPS) is 9.87. The predicted octanol–water partition coefficient (Wildman–Crippen LogP) is 19.2. The second-order valence-corrected chi connectivity index (χ2v) is 37.0. The SMILES string of the molecule is C.COC(=O)c1ccn[c]([Sn]([CH3])([CH3])[CH3])c1.COC(=O)c1ccnc(Cc2cc3cc(Cl)cnc3cn2)c1.ClCc1cc2cc(Cl)cnc2cn1.[Cl][Pd][Cl].[c-]1ccccc1.[c-]1ccccc1.c1ccc(-c2ccccc2)cc1.c1ccc(-c2ccccc2)cc1. The molecule has 0 atom stereocenters. The first-order valence-electron chi connectivity index (χ1n) is 27.0. The van der Waals surface area contributed by atoms with Crippen molar-refractivity contribution < 1.29 is 35.0 Å². The minimum Gasteiger partial charge on any atom is -0.184 e. The van der Waals surface area contributed by atoms with E-state index < -0.39 is 18.4 Å². The van der Waals surface area contributed by atoms with E-state index in [4.69, 9.17) is 58.6 Å². The number of aromatic nitrogens is 6. The van der Waals surface area contributed by atoms with Crippen molar-refractivity contribution in [1.29, 1.82) is 0 Å². The standard InChI is InChI=1S/C16H12ClN3O2.2C12H10.C9H6Cl2N2.C7H6NO2.2C6H5.CH4.3CH3.2ClH.Pd.Sn/c1-22-16(21)10-2-3-18-13(5-10)7-14-6-11-4-12(17)8-20-15(11)9-19-14;2*1-3-7-11(8-4-1)12-9-5-2-6-10-12;10-3-8-2-6-1-7(11)4-13-9(6)5-12-8;1-10-7(9)6-2-4-8-5-3-6;2*1-2-4-6-5-3-1;;;;;;;;/h2-6,8-9H,7H2,1H3;2*1-10H;1-2,4-5H,3H2;2-4H,1H3;2*1-5H;1H4;3*1H3;2*1H;;/q;;;;;2*-1;;;;;;;+2;/p-2. The number of hydrogen-bond donors (Lipinski definition) is 0. The Kier molecular flexibility index (Phi) is 35.4. The Morgan fingerprint density at radius 2 is 0.798 bits per heavy atom. The van der Waals surface area contributed by atoms with E-state index >= 15 is 0 Å². The van der Waals surface area contributed by atoms with Crippen molar-refractivity contribution in [1.82, 2.24) is 29.9 Å². The number of alkyl halides is 1. The smallest absolute Gasteiger partial charge is 0.0184 e. The Bertz CT molecular complexity index is 3680. The third kappa shape index (κ3) is 28.3. The van der Waals surface area contributed by atoms with E-state index in [0.717, 1.165) is 42.6 Å². The van der Waals surface area contributed by atoms with Crippen molar-refractivity contribution in [3.05, 3.63) is 318 Å².